The standard InChI is InChI=1S/C13H20N4/c14-11-6-8-17(9-11)13-15-7-5-12(16-13)10-3-1-2-4-10/h5,7,10-11H,1-4,6,8-9,14H2. The van der Waals surface area contributed by atoms with Gasteiger partial charge in [0.25, 0.3) is 0 Å². The molecule has 0 bridgehead atoms. The fourth-order valence-electron chi connectivity index (χ4n) is 2.93. The highest BCUT2D eigenvalue weighted by molar-refractivity contribution is 5.33. The molecule has 2 heterocycles. The first-order chi connectivity index (χ1) is 8.33. The van der Waals surface area contributed by atoms with Crippen molar-refractivity contribution in [3.63, 3.8) is 0 Å². The molecule has 0 aromatic carbocycles. The number of hydrogen-bond donors (Lipinski definition) is 1. The molecule has 17 heavy (non-hydrogen) atoms. The van der Waals surface area contributed by atoms with Crippen LogP contribution in [0.5, 0.6) is 0 Å². The van der Waals surface area contributed by atoms with Gasteiger partial charge in [-0.05, 0) is 25.3 Å². The molecule has 0 amide bonds. The fourth-order valence-corrected chi connectivity index (χ4v) is 2.93. The van der Waals surface area contributed by atoms with Gasteiger partial charge < -0.3 is 10.6 Å². The van der Waals surface area contributed by atoms with E-state index in [1.54, 1.807) is 0 Å². The van der Waals surface area contributed by atoms with Gasteiger partial charge in [-0.3, -0.25) is 0 Å². The van der Waals surface area contributed by atoms with E-state index in [2.05, 4.69) is 16.0 Å². The Balaban J connectivity index is 1.78. The lowest BCUT2D eigenvalue weighted by Crippen LogP contribution is -2.27. The van der Waals surface area contributed by atoms with Gasteiger partial charge in [0.15, 0.2) is 0 Å². The normalized spacial score (nSPS) is 25.7. The summed E-state index contributed by atoms with van der Waals surface area (Å²) in [4.78, 5) is 11.3. The van der Waals surface area contributed by atoms with Crippen molar-refractivity contribution in [2.75, 3.05) is 18.0 Å². The summed E-state index contributed by atoms with van der Waals surface area (Å²) in [5, 5.41) is 0. The smallest absolute Gasteiger partial charge is 0.225 e. The number of rotatable bonds is 2. The molecule has 2 fully saturated rings. The van der Waals surface area contributed by atoms with Crippen LogP contribution in [0.2, 0.25) is 0 Å². The molecule has 2 N–H and O–H groups in total. The van der Waals surface area contributed by atoms with Crippen molar-refractivity contribution < 1.29 is 0 Å². The molecule has 1 saturated carbocycles. The molecule has 1 unspecified atom stereocenters. The Morgan fingerprint density at radius 3 is 2.76 bits per heavy atom. The number of aromatic nitrogens is 2. The van der Waals surface area contributed by atoms with E-state index in [0.29, 0.717) is 5.92 Å². The van der Waals surface area contributed by atoms with Crippen molar-refractivity contribution in [1.82, 2.24) is 9.97 Å². The third kappa shape index (κ3) is 2.27. The summed E-state index contributed by atoms with van der Waals surface area (Å²) < 4.78 is 0. The Kier molecular flexibility index (Phi) is 2.97. The lowest BCUT2D eigenvalue weighted by Gasteiger charge is -2.17. The van der Waals surface area contributed by atoms with Crippen LogP contribution in [-0.4, -0.2) is 29.1 Å². The van der Waals surface area contributed by atoms with Crippen LogP contribution in [-0.2, 0) is 0 Å². The predicted octanol–water partition coefficient (Wildman–Crippen LogP) is 1.67. The summed E-state index contributed by atoms with van der Waals surface area (Å²) in [6.07, 6.45) is 8.22. The lowest BCUT2D eigenvalue weighted by atomic mass is 10.0. The van der Waals surface area contributed by atoms with Gasteiger partial charge >= 0.3 is 0 Å². The maximum Gasteiger partial charge on any atom is 0.225 e. The van der Waals surface area contributed by atoms with E-state index in [-0.39, 0.29) is 6.04 Å². The number of hydrogen-bond acceptors (Lipinski definition) is 4. The molecule has 0 radical (unpaired) electrons. The molecule has 1 aliphatic carbocycles. The van der Waals surface area contributed by atoms with Crippen LogP contribution >= 0.6 is 0 Å². The molecule has 1 aromatic rings. The van der Waals surface area contributed by atoms with Crippen molar-refractivity contribution >= 4 is 5.95 Å². The van der Waals surface area contributed by atoms with Gasteiger partial charge in [-0.1, -0.05) is 12.8 Å². The largest absolute Gasteiger partial charge is 0.339 e. The summed E-state index contributed by atoms with van der Waals surface area (Å²) in [7, 11) is 0. The minimum atomic E-state index is 0.286. The lowest BCUT2D eigenvalue weighted by molar-refractivity contribution is 0.689. The van der Waals surface area contributed by atoms with Crippen molar-refractivity contribution in [2.24, 2.45) is 5.73 Å². The van der Waals surface area contributed by atoms with Gasteiger partial charge in [-0.2, -0.15) is 0 Å². The van der Waals surface area contributed by atoms with Gasteiger partial charge in [-0.15, -0.1) is 0 Å². The SMILES string of the molecule is NC1CCN(c2nccc(C3CCCC3)n2)C1. The van der Waals surface area contributed by atoms with Crippen LogP contribution in [0.3, 0.4) is 0 Å². The summed E-state index contributed by atoms with van der Waals surface area (Å²) in [5.41, 5.74) is 7.16. The molecule has 1 atom stereocenters. The minimum absolute atomic E-state index is 0.286. The van der Waals surface area contributed by atoms with E-state index < -0.39 is 0 Å². The summed E-state index contributed by atoms with van der Waals surface area (Å²) >= 11 is 0. The van der Waals surface area contributed by atoms with Crippen LogP contribution < -0.4 is 10.6 Å². The molecule has 1 aliphatic heterocycles. The first kappa shape index (κ1) is 11.0. The van der Waals surface area contributed by atoms with Gasteiger partial charge in [0, 0.05) is 36.9 Å². The zero-order chi connectivity index (χ0) is 11.7. The number of nitrogens with zero attached hydrogens (tertiary/aromatic N) is 3. The van der Waals surface area contributed by atoms with Gasteiger partial charge in [0.05, 0.1) is 0 Å². The second-order valence-electron chi connectivity index (χ2n) is 5.26. The molecular formula is C13H20N4. The Morgan fingerprint density at radius 2 is 2.06 bits per heavy atom. The summed E-state index contributed by atoms with van der Waals surface area (Å²) in [5.74, 6) is 1.54. The van der Waals surface area contributed by atoms with Crippen molar-refractivity contribution in [2.45, 2.75) is 44.1 Å². The van der Waals surface area contributed by atoms with E-state index in [9.17, 15) is 0 Å². The van der Waals surface area contributed by atoms with Crippen molar-refractivity contribution in [3.8, 4) is 0 Å². The first-order valence-electron chi connectivity index (χ1n) is 6.66. The zero-order valence-electron chi connectivity index (χ0n) is 10.2. The Morgan fingerprint density at radius 1 is 1.24 bits per heavy atom. The van der Waals surface area contributed by atoms with Crippen LogP contribution in [0.1, 0.15) is 43.7 Å². The topological polar surface area (TPSA) is 55.0 Å². The molecule has 4 heteroatoms. The third-order valence-electron chi connectivity index (χ3n) is 3.95. The quantitative estimate of drug-likeness (QED) is 0.842. The Bertz CT molecular complexity index is 387. The van der Waals surface area contributed by atoms with Crippen LogP contribution in [0, 0.1) is 0 Å². The van der Waals surface area contributed by atoms with E-state index >= 15 is 0 Å². The van der Waals surface area contributed by atoms with Crippen LogP contribution in [0.25, 0.3) is 0 Å². The number of anilines is 1. The molecule has 3 rings (SSSR count). The zero-order valence-corrected chi connectivity index (χ0v) is 10.2. The number of nitrogens with two attached hydrogens (primary N) is 1. The monoisotopic (exact) mass is 232 g/mol. The van der Waals surface area contributed by atoms with Crippen molar-refractivity contribution in [1.29, 1.82) is 0 Å². The molecule has 2 aliphatic rings. The first-order valence-corrected chi connectivity index (χ1v) is 6.66. The summed E-state index contributed by atoms with van der Waals surface area (Å²) in [6.45, 7) is 1.89. The van der Waals surface area contributed by atoms with Gasteiger partial charge in [0.1, 0.15) is 0 Å². The highest BCUT2D eigenvalue weighted by atomic mass is 15.3. The molecule has 0 spiro atoms. The second kappa shape index (κ2) is 4.61. The fraction of sp³-hybridized carbons (Fsp3) is 0.692. The third-order valence-corrected chi connectivity index (χ3v) is 3.95. The van der Waals surface area contributed by atoms with Crippen LogP contribution in [0.15, 0.2) is 12.3 Å². The van der Waals surface area contributed by atoms with Crippen molar-refractivity contribution in [3.05, 3.63) is 18.0 Å². The minimum Gasteiger partial charge on any atom is -0.339 e. The second-order valence-corrected chi connectivity index (χ2v) is 5.26. The highest BCUT2D eigenvalue weighted by Crippen LogP contribution is 2.33. The molecule has 4 nitrogen and oxygen atoms in total. The van der Waals surface area contributed by atoms with E-state index in [1.165, 1.54) is 31.4 Å². The molecule has 92 valence electrons. The molecular weight excluding hydrogens is 212 g/mol. The van der Waals surface area contributed by atoms with E-state index in [1.807, 2.05) is 6.20 Å². The van der Waals surface area contributed by atoms with E-state index in [0.717, 1.165) is 25.5 Å². The van der Waals surface area contributed by atoms with Gasteiger partial charge in [0.2, 0.25) is 5.95 Å². The highest BCUT2D eigenvalue weighted by Gasteiger charge is 2.23. The Labute approximate surface area is 102 Å². The maximum absolute atomic E-state index is 5.93. The summed E-state index contributed by atoms with van der Waals surface area (Å²) in [6, 6.07) is 2.36. The maximum atomic E-state index is 5.93. The van der Waals surface area contributed by atoms with E-state index in [4.69, 9.17) is 10.7 Å². The average Bonchev–Trinajstić information content (AvgIpc) is 3.00. The molecule has 1 saturated heterocycles. The average molecular weight is 232 g/mol. The Hall–Kier alpha value is -1.16. The molecule has 1 aromatic heterocycles. The van der Waals surface area contributed by atoms with Gasteiger partial charge in [-0.25, -0.2) is 9.97 Å². The predicted molar refractivity (Wildman–Crippen MR) is 68.0 cm³/mol. The van der Waals surface area contributed by atoms with Crippen LogP contribution in [0.4, 0.5) is 5.95 Å².